The summed E-state index contributed by atoms with van der Waals surface area (Å²) < 4.78 is 18.7. The Morgan fingerprint density at radius 2 is 2.00 bits per heavy atom. The number of aromatic nitrogens is 4. The number of anilines is 1. The molecule has 2 N–H and O–H groups in total. The number of carbonyl (C=O) groups excluding carboxylic acids is 1. The second-order valence-corrected chi connectivity index (χ2v) is 6.50. The molecular formula is C21H18FN5O2. The molecule has 0 atom stereocenters. The summed E-state index contributed by atoms with van der Waals surface area (Å²) in [5, 5.41) is 9.78. The smallest absolute Gasteiger partial charge is 0.224 e. The fraction of sp³-hybridized carbons (Fsp3) is 0.143. The maximum absolute atomic E-state index is 13.0. The normalized spacial score (nSPS) is 10.8. The second kappa shape index (κ2) is 8.05. The third kappa shape index (κ3) is 4.55. The Kier molecular flexibility index (Phi) is 5.15. The van der Waals surface area contributed by atoms with Crippen molar-refractivity contribution < 1.29 is 13.6 Å². The van der Waals surface area contributed by atoms with Crippen LogP contribution in [-0.2, 0) is 11.2 Å². The molecule has 0 unspecified atom stereocenters. The third-order valence-electron chi connectivity index (χ3n) is 4.25. The minimum atomic E-state index is -0.313. The molecule has 4 aromatic rings. The largest absolute Gasteiger partial charge is 0.441 e. The molecule has 0 radical (unpaired) electrons. The van der Waals surface area contributed by atoms with E-state index < -0.39 is 0 Å². The Hall–Kier alpha value is -3.81. The van der Waals surface area contributed by atoms with Gasteiger partial charge in [0.1, 0.15) is 11.6 Å². The number of rotatable bonds is 6. The average molecular weight is 391 g/mol. The molecule has 4 rings (SSSR count). The Balaban J connectivity index is 1.35. The number of hydrogen-bond acceptors (Lipinski definition) is 5. The molecule has 29 heavy (non-hydrogen) atoms. The molecule has 0 aliphatic heterocycles. The van der Waals surface area contributed by atoms with Gasteiger partial charge in [-0.25, -0.2) is 14.4 Å². The molecule has 0 saturated carbocycles. The first kappa shape index (κ1) is 18.5. The lowest BCUT2D eigenvalue weighted by molar-refractivity contribution is -0.116. The molecule has 2 aromatic heterocycles. The number of hydrogen-bond donors (Lipinski definition) is 2. The minimum Gasteiger partial charge on any atom is -0.441 e. The van der Waals surface area contributed by atoms with Crippen molar-refractivity contribution in [3.05, 3.63) is 72.3 Å². The summed E-state index contributed by atoms with van der Waals surface area (Å²) in [7, 11) is 0. The number of aromatic amines is 1. The Bertz CT molecular complexity index is 1130. The number of benzene rings is 2. The highest BCUT2D eigenvalue weighted by Gasteiger charge is 2.11. The fourth-order valence-electron chi connectivity index (χ4n) is 2.83. The minimum absolute atomic E-state index is 0.158. The number of carbonyl (C=O) groups is 1. The van der Waals surface area contributed by atoms with Gasteiger partial charge >= 0.3 is 0 Å². The monoisotopic (exact) mass is 391 g/mol. The zero-order chi connectivity index (χ0) is 20.2. The highest BCUT2D eigenvalue weighted by Crippen LogP contribution is 2.22. The van der Waals surface area contributed by atoms with Crippen LogP contribution in [0.2, 0.25) is 0 Å². The average Bonchev–Trinajstić information content (AvgIpc) is 3.36. The fourth-order valence-corrected chi connectivity index (χ4v) is 2.83. The summed E-state index contributed by atoms with van der Waals surface area (Å²) in [5.41, 5.74) is 2.20. The van der Waals surface area contributed by atoms with Gasteiger partial charge in [0.25, 0.3) is 0 Å². The molecule has 2 aromatic carbocycles. The first-order valence-corrected chi connectivity index (χ1v) is 9.07. The highest BCUT2D eigenvalue weighted by atomic mass is 19.1. The molecule has 0 aliphatic carbocycles. The number of nitrogens with one attached hydrogen (secondary N) is 2. The molecule has 2 heterocycles. The molecule has 8 heteroatoms. The second-order valence-electron chi connectivity index (χ2n) is 6.50. The van der Waals surface area contributed by atoms with E-state index in [9.17, 15) is 9.18 Å². The summed E-state index contributed by atoms with van der Waals surface area (Å²) in [5.74, 6) is 1.81. The van der Waals surface area contributed by atoms with Crippen LogP contribution < -0.4 is 5.32 Å². The van der Waals surface area contributed by atoms with Crippen LogP contribution >= 0.6 is 0 Å². The Morgan fingerprint density at radius 1 is 1.17 bits per heavy atom. The van der Waals surface area contributed by atoms with Gasteiger partial charge < -0.3 is 9.73 Å². The number of oxazole rings is 1. The van der Waals surface area contributed by atoms with Gasteiger partial charge in [-0.05, 0) is 43.3 Å². The molecule has 0 bridgehead atoms. The molecule has 0 spiro atoms. The van der Waals surface area contributed by atoms with Crippen LogP contribution in [0.25, 0.3) is 22.7 Å². The quantitative estimate of drug-likeness (QED) is 0.515. The molecule has 7 nitrogen and oxygen atoms in total. The van der Waals surface area contributed by atoms with Crippen LogP contribution in [0.15, 0.2) is 59.1 Å². The van der Waals surface area contributed by atoms with Crippen molar-refractivity contribution in [3.63, 3.8) is 0 Å². The van der Waals surface area contributed by atoms with Gasteiger partial charge in [0.15, 0.2) is 17.5 Å². The lowest BCUT2D eigenvalue weighted by atomic mass is 10.2. The standard InChI is InChI=1S/C21H18FN5O2/c1-13-24-21(27-26-13)15-3-2-4-17(11-15)25-19(28)9-10-20-23-12-18(29-20)14-5-7-16(22)8-6-14/h2-8,11-12H,9-10H2,1H3,(H,25,28)(H,24,26,27). The van der Waals surface area contributed by atoms with Crippen LogP contribution in [0.1, 0.15) is 18.1 Å². The van der Waals surface area contributed by atoms with E-state index >= 15 is 0 Å². The molecule has 0 aliphatic rings. The summed E-state index contributed by atoms with van der Waals surface area (Å²) in [6.45, 7) is 1.83. The van der Waals surface area contributed by atoms with Gasteiger partial charge in [0, 0.05) is 29.7 Å². The molecule has 0 saturated heterocycles. The number of aryl methyl sites for hydroxylation is 2. The molecule has 1 amide bonds. The number of amides is 1. The lowest BCUT2D eigenvalue weighted by Gasteiger charge is -2.05. The first-order chi connectivity index (χ1) is 14.1. The van der Waals surface area contributed by atoms with Crippen LogP contribution in [0.4, 0.5) is 10.1 Å². The summed E-state index contributed by atoms with van der Waals surface area (Å²) in [6, 6.07) is 13.3. The van der Waals surface area contributed by atoms with Gasteiger partial charge in [0.2, 0.25) is 5.91 Å². The SMILES string of the molecule is Cc1nc(-c2cccc(NC(=O)CCc3ncc(-c4ccc(F)cc4)o3)c2)n[nH]1. The topological polar surface area (TPSA) is 96.7 Å². The highest BCUT2D eigenvalue weighted by molar-refractivity contribution is 5.91. The van der Waals surface area contributed by atoms with Crippen molar-refractivity contribution in [2.75, 3.05) is 5.32 Å². The van der Waals surface area contributed by atoms with E-state index in [1.807, 2.05) is 25.1 Å². The van der Waals surface area contributed by atoms with E-state index in [2.05, 4.69) is 25.5 Å². The van der Waals surface area contributed by atoms with Gasteiger partial charge in [0.05, 0.1) is 6.20 Å². The van der Waals surface area contributed by atoms with Gasteiger partial charge in [-0.15, -0.1) is 0 Å². The van der Waals surface area contributed by atoms with Crippen LogP contribution in [0, 0.1) is 12.7 Å². The zero-order valence-corrected chi connectivity index (χ0v) is 15.6. The van der Waals surface area contributed by atoms with E-state index in [4.69, 9.17) is 4.42 Å². The summed E-state index contributed by atoms with van der Waals surface area (Å²) >= 11 is 0. The predicted molar refractivity (Wildman–Crippen MR) is 105 cm³/mol. The molecule has 0 fully saturated rings. The van der Waals surface area contributed by atoms with E-state index in [1.54, 1.807) is 24.4 Å². The van der Waals surface area contributed by atoms with E-state index in [0.29, 0.717) is 29.6 Å². The maximum atomic E-state index is 13.0. The van der Waals surface area contributed by atoms with E-state index in [1.165, 1.54) is 12.1 Å². The summed E-state index contributed by atoms with van der Waals surface area (Å²) in [4.78, 5) is 20.8. The van der Waals surface area contributed by atoms with Gasteiger partial charge in [-0.3, -0.25) is 9.89 Å². The van der Waals surface area contributed by atoms with Gasteiger partial charge in [-0.1, -0.05) is 12.1 Å². The van der Waals surface area contributed by atoms with Crippen molar-refractivity contribution >= 4 is 11.6 Å². The van der Waals surface area contributed by atoms with Crippen molar-refractivity contribution in [3.8, 4) is 22.7 Å². The van der Waals surface area contributed by atoms with Crippen molar-refractivity contribution in [1.29, 1.82) is 0 Å². The number of halogens is 1. The Labute approximate surface area is 166 Å². The van der Waals surface area contributed by atoms with Crippen molar-refractivity contribution in [1.82, 2.24) is 20.2 Å². The number of nitrogens with zero attached hydrogens (tertiary/aromatic N) is 3. The van der Waals surface area contributed by atoms with Crippen molar-refractivity contribution in [2.24, 2.45) is 0 Å². The van der Waals surface area contributed by atoms with Gasteiger partial charge in [-0.2, -0.15) is 5.10 Å². The van der Waals surface area contributed by atoms with Crippen LogP contribution in [0.3, 0.4) is 0 Å². The van der Waals surface area contributed by atoms with Crippen molar-refractivity contribution in [2.45, 2.75) is 19.8 Å². The zero-order valence-electron chi connectivity index (χ0n) is 15.6. The Morgan fingerprint density at radius 3 is 2.76 bits per heavy atom. The molecule has 146 valence electrons. The van der Waals surface area contributed by atoms with Crippen LogP contribution in [0.5, 0.6) is 0 Å². The maximum Gasteiger partial charge on any atom is 0.224 e. The third-order valence-corrected chi connectivity index (χ3v) is 4.25. The summed E-state index contributed by atoms with van der Waals surface area (Å²) in [6.07, 6.45) is 2.14. The molecular weight excluding hydrogens is 373 g/mol. The van der Waals surface area contributed by atoms with E-state index in [0.717, 1.165) is 17.0 Å². The predicted octanol–water partition coefficient (Wildman–Crippen LogP) is 4.15. The van der Waals surface area contributed by atoms with Crippen LogP contribution in [-0.4, -0.2) is 26.1 Å². The number of H-pyrrole nitrogens is 1. The van der Waals surface area contributed by atoms with E-state index in [-0.39, 0.29) is 18.1 Å². The first-order valence-electron chi connectivity index (χ1n) is 9.07. The lowest BCUT2D eigenvalue weighted by Crippen LogP contribution is -2.12.